The second kappa shape index (κ2) is 5.00. The van der Waals surface area contributed by atoms with Gasteiger partial charge in [-0.05, 0) is 38.5 Å². The lowest BCUT2D eigenvalue weighted by atomic mass is 9.80. The maximum absolute atomic E-state index is 12.5. The van der Waals surface area contributed by atoms with Crippen LogP contribution < -0.4 is 0 Å². The van der Waals surface area contributed by atoms with Gasteiger partial charge in [0, 0.05) is 12.5 Å². The van der Waals surface area contributed by atoms with E-state index in [1.165, 1.54) is 4.90 Å². The minimum absolute atomic E-state index is 0.00918. The molecule has 2 rings (SSSR count). The van der Waals surface area contributed by atoms with Gasteiger partial charge in [0.25, 0.3) is 0 Å². The predicted molar refractivity (Wildman–Crippen MR) is 67.7 cm³/mol. The third-order valence-corrected chi connectivity index (χ3v) is 4.82. The van der Waals surface area contributed by atoms with Gasteiger partial charge in [-0.25, -0.2) is 0 Å². The molecule has 1 aliphatic heterocycles. The van der Waals surface area contributed by atoms with Crippen LogP contribution in [0.3, 0.4) is 0 Å². The van der Waals surface area contributed by atoms with Gasteiger partial charge in [0.05, 0.1) is 11.5 Å². The second-order valence-electron chi connectivity index (χ2n) is 5.70. The van der Waals surface area contributed by atoms with Crippen LogP contribution in [0.1, 0.15) is 58.8 Å². The van der Waals surface area contributed by atoms with Crippen molar-refractivity contribution in [1.29, 1.82) is 0 Å². The Labute approximate surface area is 108 Å². The Morgan fingerprint density at radius 2 is 1.72 bits per heavy atom. The summed E-state index contributed by atoms with van der Waals surface area (Å²) < 4.78 is 0. The van der Waals surface area contributed by atoms with Crippen molar-refractivity contribution in [3.8, 4) is 0 Å². The topological polar surface area (TPSA) is 57.6 Å². The minimum Gasteiger partial charge on any atom is -0.393 e. The summed E-state index contributed by atoms with van der Waals surface area (Å²) in [5.74, 6) is 0.0176. The highest BCUT2D eigenvalue weighted by Crippen LogP contribution is 2.41. The van der Waals surface area contributed by atoms with Crippen LogP contribution in [0.5, 0.6) is 0 Å². The molecule has 4 heteroatoms. The molecule has 1 N–H and O–H groups in total. The van der Waals surface area contributed by atoms with Gasteiger partial charge in [0.15, 0.2) is 0 Å². The largest absolute Gasteiger partial charge is 0.393 e. The van der Waals surface area contributed by atoms with Crippen molar-refractivity contribution in [3.63, 3.8) is 0 Å². The summed E-state index contributed by atoms with van der Waals surface area (Å²) in [7, 11) is 0. The van der Waals surface area contributed by atoms with Gasteiger partial charge in [-0.2, -0.15) is 0 Å². The lowest BCUT2D eigenvalue weighted by molar-refractivity contribution is -0.145. The first kappa shape index (κ1) is 13.5. The Morgan fingerprint density at radius 1 is 1.17 bits per heavy atom. The smallest absolute Gasteiger partial charge is 0.236 e. The summed E-state index contributed by atoms with van der Waals surface area (Å²) in [6.45, 7) is 3.98. The Hall–Kier alpha value is -0.900. The van der Waals surface area contributed by atoms with E-state index in [9.17, 15) is 14.7 Å². The molecule has 4 nitrogen and oxygen atoms in total. The van der Waals surface area contributed by atoms with Crippen LogP contribution in [0.25, 0.3) is 0 Å². The monoisotopic (exact) mass is 253 g/mol. The molecule has 102 valence electrons. The number of hydrogen-bond donors (Lipinski definition) is 1. The number of carbonyl (C=O) groups is 2. The molecule has 0 unspecified atom stereocenters. The molecule has 0 atom stereocenters. The fourth-order valence-corrected chi connectivity index (χ4v) is 3.31. The molecule has 1 heterocycles. The molecule has 0 aromatic carbocycles. The highest BCUT2D eigenvalue weighted by atomic mass is 16.3. The van der Waals surface area contributed by atoms with Crippen LogP contribution in [-0.2, 0) is 9.59 Å². The number of imide groups is 1. The summed E-state index contributed by atoms with van der Waals surface area (Å²) in [5.41, 5.74) is -0.451. The molecule has 0 aromatic heterocycles. The Bertz CT molecular complexity index is 341. The number of nitrogens with zero attached hydrogens (tertiary/aromatic N) is 1. The van der Waals surface area contributed by atoms with Gasteiger partial charge in [-0.15, -0.1) is 0 Å². The van der Waals surface area contributed by atoms with Gasteiger partial charge in [-0.3, -0.25) is 14.5 Å². The van der Waals surface area contributed by atoms with E-state index in [4.69, 9.17) is 0 Å². The molecule has 1 saturated heterocycles. The SMILES string of the molecule is CCC1(CC)CC(=O)N(C2CCC(O)CC2)C1=O. The quantitative estimate of drug-likeness (QED) is 0.781. The molecule has 0 bridgehead atoms. The van der Waals surface area contributed by atoms with E-state index in [-0.39, 0.29) is 24.0 Å². The van der Waals surface area contributed by atoms with Gasteiger partial charge in [-0.1, -0.05) is 13.8 Å². The number of rotatable bonds is 3. The highest BCUT2D eigenvalue weighted by molar-refractivity contribution is 6.06. The lowest BCUT2D eigenvalue weighted by Gasteiger charge is -2.33. The number of hydrogen-bond acceptors (Lipinski definition) is 3. The van der Waals surface area contributed by atoms with Gasteiger partial charge < -0.3 is 5.11 Å². The average molecular weight is 253 g/mol. The Kier molecular flexibility index (Phi) is 3.76. The number of aliphatic hydroxyl groups is 1. The number of likely N-dealkylation sites (tertiary alicyclic amines) is 1. The first-order chi connectivity index (χ1) is 8.54. The summed E-state index contributed by atoms with van der Waals surface area (Å²) in [6, 6.07) is 0.0216. The third kappa shape index (κ3) is 2.07. The molecular formula is C14H23NO3. The van der Waals surface area contributed by atoms with E-state index >= 15 is 0 Å². The van der Waals surface area contributed by atoms with Gasteiger partial charge in [0.2, 0.25) is 11.8 Å². The van der Waals surface area contributed by atoms with Crippen molar-refractivity contribution in [1.82, 2.24) is 4.90 Å². The summed E-state index contributed by atoms with van der Waals surface area (Å²) in [4.78, 5) is 26.2. The fraction of sp³-hybridized carbons (Fsp3) is 0.857. The van der Waals surface area contributed by atoms with Crippen molar-refractivity contribution in [3.05, 3.63) is 0 Å². The van der Waals surface area contributed by atoms with Crippen LogP contribution in [0, 0.1) is 5.41 Å². The van der Waals surface area contributed by atoms with Crippen molar-refractivity contribution in [2.75, 3.05) is 0 Å². The normalized spacial score (nSPS) is 32.1. The van der Waals surface area contributed by atoms with E-state index in [1.807, 2.05) is 13.8 Å². The van der Waals surface area contributed by atoms with Crippen LogP contribution in [0.15, 0.2) is 0 Å². The van der Waals surface area contributed by atoms with E-state index in [0.29, 0.717) is 19.3 Å². The van der Waals surface area contributed by atoms with E-state index in [1.54, 1.807) is 0 Å². The third-order valence-electron chi connectivity index (χ3n) is 4.82. The minimum atomic E-state index is -0.451. The average Bonchev–Trinajstić information content (AvgIpc) is 2.63. The first-order valence-electron chi connectivity index (χ1n) is 7.08. The first-order valence-corrected chi connectivity index (χ1v) is 7.08. The number of carbonyl (C=O) groups excluding carboxylic acids is 2. The van der Waals surface area contributed by atoms with Gasteiger partial charge >= 0.3 is 0 Å². The zero-order valence-corrected chi connectivity index (χ0v) is 11.3. The molecule has 1 saturated carbocycles. The molecule has 18 heavy (non-hydrogen) atoms. The molecule has 2 amide bonds. The summed E-state index contributed by atoms with van der Waals surface area (Å²) >= 11 is 0. The van der Waals surface area contributed by atoms with Crippen LogP contribution in [0.2, 0.25) is 0 Å². The Morgan fingerprint density at radius 3 is 2.17 bits per heavy atom. The zero-order chi connectivity index (χ0) is 13.3. The fourth-order valence-electron chi connectivity index (χ4n) is 3.31. The van der Waals surface area contributed by atoms with Crippen LogP contribution >= 0.6 is 0 Å². The molecular weight excluding hydrogens is 230 g/mol. The summed E-state index contributed by atoms with van der Waals surface area (Å²) in [5, 5.41) is 9.51. The van der Waals surface area contributed by atoms with Crippen LogP contribution in [0.4, 0.5) is 0 Å². The van der Waals surface area contributed by atoms with Crippen molar-refractivity contribution < 1.29 is 14.7 Å². The molecule has 2 aliphatic rings. The number of aliphatic hydroxyl groups excluding tert-OH is 1. The molecule has 1 aliphatic carbocycles. The Balaban J connectivity index is 2.14. The van der Waals surface area contributed by atoms with Crippen molar-refractivity contribution in [2.24, 2.45) is 5.41 Å². The second-order valence-corrected chi connectivity index (χ2v) is 5.70. The zero-order valence-electron chi connectivity index (χ0n) is 11.3. The molecule has 0 aromatic rings. The van der Waals surface area contributed by atoms with Gasteiger partial charge in [0.1, 0.15) is 0 Å². The van der Waals surface area contributed by atoms with E-state index < -0.39 is 5.41 Å². The van der Waals surface area contributed by atoms with Crippen molar-refractivity contribution in [2.45, 2.75) is 70.9 Å². The molecule has 0 spiro atoms. The number of amides is 2. The predicted octanol–water partition coefficient (Wildman–Crippen LogP) is 1.86. The van der Waals surface area contributed by atoms with E-state index in [0.717, 1.165) is 25.7 Å². The summed E-state index contributed by atoms with van der Waals surface area (Å²) in [6.07, 6.45) is 4.50. The van der Waals surface area contributed by atoms with E-state index in [2.05, 4.69) is 0 Å². The lowest BCUT2D eigenvalue weighted by Crippen LogP contribution is -2.44. The molecule has 2 fully saturated rings. The highest BCUT2D eigenvalue weighted by Gasteiger charge is 2.51. The van der Waals surface area contributed by atoms with Crippen molar-refractivity contribution >= 4 is 11.8 Å². The standard InChI is InChI=1S/C14H23NO3/c1-3-14(4-2)9-12(17)15(13(14)18)10-5-7-11(16)8-6-10/h10-11,16H,3-9H2,1-2H3. The maximum Gasteiger partial charge on any atom is 0.236 e. The maximum atomic E-state index is 12.5. The molecule has 0 radical (unpaired) electrons. The van der Waals surface area contributed by atoms with Crippen LogP contribution in [-0.4, -0.2) is 34.0 Å².